The highest BCUT2D eigenvalue weighted by Gasteiger charge is 2.35. The molecular weight excluding hydrogens is 258 g/mol. The first-order valence-electron chi connectivity index (χ1n) is 6.32. The molecule has 1 saturated heterocycles. The first kappa shape index (κ1) is 13.9. The van der Waals surface area contributed by atoms with Gasteiger partial charge in [-0.15, -0.1) is 0 Å². The molecule has 1 aromatic carbocycles. The van der Waals surface area contributed by atoms with Crippen LogP contribution in [0.4, 0.5) is 10.5 Å². The molecule has 0 aliphatic carbocycles. The number of nitrogens with zero attached hydrogens (tertiary/aromatic N) is 3. The van der Waals surface area contributed by atoms with Crippen molar-refractivity contribution in [2.24, 2.45) is 0 Å². The molecule has 1 aliphatic rings. The van der Waals surface area contributed by atoms with E-state index in [0.29, 0.717) is 30.6 Å². The first-order chi connectivity index (χ1) is 9.54. The van der Waals surface area contributed by atoms with Crippen LogP contribution < -0.4 is 4.90 Å². The van der Waals surface area contributed by atoms with E-state index in [2.05, 4.69) is 0 Å². The maximum Gasteiger partial charge on any atom is 0.326 e. The summed E-state index contributed by atoms with van der Waals surface area (Å²) in [5.74, 6) is -0.968. The normalized spacial score (nSPS) is 17.6. The molecule has 1 aromatic rings. The Kier molecular flexibility index (Phi) is 3.89. The minimum absolute atomic E-state index is 0.334. The lowest BCUT2D eigenvalue weighted by Crippen LogP contribution is -2.46. The standard InChI is InChI=1S/C14H15N3O3/c1-16(11-6-4-10(9-15)5-7-11)14(20)17-8-2-3-12(17)13(18)19/h4-7,12H,2-3,8H2,1H3,(H,18,19)/t12-/m0/s1. The Hall–Kier alpha value is -2.55. The van der Waals surface area contributed by atoms with Crippen molar-refractivity contribution >= 4 is 17.7 Å². The molecule has 1 atom stereocenters. The summed E-state index contributed by atoms with van der Waals surface area (Å²) in [6.07, 6.45) is 1.19. The number of hydrogen-bond acceptors (Lipinski definition) is 3. The lowest BCUT2D eigenvalue weighted by molar-refractivity contribution is -0.141. The van der Waals surface area contributed by atoms with Crippen LogP contribution in [0.2, 0.25) is 0 Å². The third-order valence-corrected chi connectivity index (χ3v) is 3.45. The van der Waals surface area contributed by atoms with E-state index < -0.39 is 12.0 Å². The number of carbonyl (C=O) groups is 2. The van der Waals surface area contributed by atoms with Gasteiger partial charge in [-0.25, -0.2) is 9.59 Å². The summed E-state index contributed by atoms with van der Waals surface area (Å²) in [4.78, 5) is 26.2. The second-order valence-electron chi connectivity index (χ2n) is 4.69. The first-order valence-corrected chi connectivity index (χ1v) is 6.32. The molecule has 20 heavy (non-hydrogen) atoms. The Labute approximate surface area is 116 Å². The third kappa shape index (κ3) is 2.57. The fourth-order valence-electron chi connectivity index (χ4n) is 2.32. The number of nitriles is 1. The van der Waals surface area contributed by atoms with E-state index >= 15 is 0 Å². The predicted molar refractivity (Wildman–Crippen MR) is 72.3 cm³/mol. The van der Waals surface area contributed by atoms with Gasteiger partial charge in [0.2, 0.25) is 0 Å². The topological polar surface area (TPSA) is 84.6 Å². The minimum Gasteiger partial charge on any atom is -0.480 e. The van der Waals surface area contributed by atoms with Crippen LogP contribution in [0.25, 0.3) is 0 Å². The van der Waals surface area contributed by atoms with Gasteiger partial charge in [-0.3, -0.25) is 4.90 Å². The molecule has 2 amide bonds. The molecule has 0 radical (unpaired) electrons. The number of aliphatic carboxylic acids is 1. The van der Waals surface area contributed by atoms with Gasteiger partial charge in [0.15, 0.2) is 0 Å². The molecule has 2 rings (SSSR count). The Morgan fingerprint density at radius 3 is 2.60 bits per heavy atom. The second kappa shape index (κ2) is 5.61. The molecule has 104 valence electrons. The average Bonchev–Trinajstić information content (AvgIpc) is 2.95. The quantitative estimate of drug-likeness (QED) is 0.888. The lowest BCUT2D eigenvalue weighted by atomic mass is 10.2. The van der Waals surface area contributed by atoms with Gasteiger partial charge >= 0.3 is 12.0 Å². The zero-order valence-electron chi connectivity index (χ0n) is 11.1. The lowest BCUT2D eigenvalue weighted by Gasteiger charge is -2.27. The van der Waals surface area contributed by atoms with E-state index in [0.717, 1.165) is 0 Å². The van der Waals surface area contributed by atoms with E-state index in [1.807, 2.05) is 6.07 Å². The largest absolute Gasteiger partial charge is 0.480 e. The van der Waals surface area contributed by atoms with Crippen LogP contribution >= 0.6 is 0 Å². The minimum atomic E-state index is -0.968. The summed E-state index contributed by atoms with van der Waals surface area (Å²) in [6.45, 7) is 0.455. The van der Waals surface area contributed by atoms with Gasteiger partial charge in [0.05, 0.1) is 11.6 Å². The SMILES string of the molecule is CN(C(=O)N1CCC[C@H]1C(=O)O)c1ccc(C#N)cc1. The van der Waals surface area contributed by atoms with E-state index in [1.54, 1.807) is 31.3 Å². The van der Waals surface area contributed by atoms with Crippen molar-refractivity contribution in [1.29, 1.82) is 5.26 Å². The van der Waals surface area contributed by atoms with Crippen LogP contribution in [0, 0.1) is 11.3 Å². The van der Waals surface area contributed by atoms with Crippen LogP contribution in [0.5, 0.6) is 0 Å². The summed E-state index contributed by atoms with van der Waals surface area (Å²) in [5, 5.41) is 17.8. The number of carboxylic acid groups (broad SMARTS) is 1. The fraction of sp³-hybridized carbons (Fsp3) is 0.357. The number of carbonyl (C=O) groups excluding carboxylic acids is 1. The number of rotatable bonds is 2. The number of urea groups is 1. The molecule has 0 spiro atoms. The van der Waals surface area contributed by atoms with E-state index in [-0.39, 0.29) is 6.03 Å². The van der Waals surface area contributed by atoms with Gasteiger partial charge in [0.1, 0.15) is 6.04 Å². The zero-order chi connectivity index (χ0) is 14.7. The van der Waals surface area contributed by atoms with Crippen molar-refractivity contribution < 1.29 is 14.7 Å². The van der Waals surface area contributed by atoms with Crippen LogP contribution in [0.3, 0.4) is 0 Å². The fourth-order valence-corrected chi connectivity index (χ4v) is 2.32. The Morgan fingerprint density at radius 2 is 2.05 bits per heavy atom. The zero-order valence-corrected chi connectivity index (χ0v) is 11.1. The Bertz CT molecular complexity index is 562. The molecule has 6 nitrogen and oxygen atoms in total. The summed E-state index contributed by atoms with van der Waals surface area (Å²) in [7, 11) is 1.60. The molecule has 0 unspecified atom stereocenters. The van der Waals surface area contributed by atoms with E-state index in [9.17, 15) is 9.59 Å². The molecule has 1 heterocycles. The molecule has 6 heteroatoms. The van der Waals surface area contributed by atoms with Crippen molar-refractivity contribution in [3.8, 4) is 6.07 Å². The number of likely N-dealkylation sites (tertiary alicyclic amines) is 1. The number of hydrogen-bond donors (Lipinski definition) is 1. The monoisotopic (exact) mass is 273 g/mol. The average molecular weight is 273 g/mol. The molecule has 1 aliphatic heterocycles. The van der Waals surface area contributed by atoms with Gasteiger partial charge in [-0.05, 0) is 37.1 Å². The molecule has 0 saturated carbocycles. The number of benzene rings is 1. The van der Waals surface area contributed by atoms with Crippen LogP contribution in [-0.4, -0.2) is 41.6 Å². The second-order valence-corrected chi connectivity index (χ2v) is 4.69. The highest BCUT2D eigenvalue weighted by atomic mass is 16.4. The van der Waals surface area contributed by atoms with Crippen molar-refractivity contribution in [2.75, 3.05) is 18.5 Å². The highest BCUT2D eigenvalue weighted by molar-refractivity contribution is 5.94. The predicted octanol–water partition coefficient (Wildman–Crippen LogP) is 1.66. The summed E-state index contributed by atoms with van der Waals surface area (Å²) in [6, 6.07) is 7.51. The van der Waals surface area contributed by atoms with Gasteiger partial charge in [-0.1, -0.05) is 0 Å². The van der Waals surface area contributed by atoms with Gasteiger partial charge in [0, 0.05) is 19.3 Å². The summed E-state index contributed by atoms with van der Waals surface area (Å²) < 4.78 is 0. The van der Waals surface area contributed by atoms with Gasteiger partial charge < -0.3 is 10.0 Å². The van der Waals surface area contributed by atoms with Gasteiger partial charge in [0.25, 0.3) is 0 Å². The molecule has 0 aromatic heterocycles. The molecule has 1 fully saturated rings. The number of amides is 2. The van der Waals surface area contributed by atoms with Crippen molar-refractivity contribution in [3.63, 3.8) is 0 Å². The highest BCUT2D eigenvalue weighted by Crippen LogP contribution is 2.22. The summed E-state index contributed by atoms with van der Waals surface area (Å²) in [5.41, 5.74) is 1.14. The Morgan fingerprint density at radius 1 is 1.40 bits per heavy atom. The van der Waals surface area contributed by atoms with Crippen LogP contribution in [0.1, 0.15) is 18.4 Å². The maximum atomic E-state index is 12.3. The van der Waals surface area contributed by atoms with Crippen LogP contribution in [-0.2, 0) is 4.79 Å². The summed E-state index contributed by atoms with van der Waals surface area (Å²) >= 11 is 0. The third-order valence-electron chi connectivity index (χ3n) is 3.45. The van der Waals surface area contributed by atoms with Crippen molar-refractivity contribution in [3.05, 3.63) is 29.8 Å². The van der Waals surface area contributed by atoms with Gasteiger partial charge in [-0.2, -0.15) is 5.26 Å². The van der Waals surface area contributed by atoms with Crippen LogP contribution in [0.15, 0.2) is 24.3 Å². The smallest absolute Gasteiger partial charge is 0.326 e. The van der Waals surface area contributed by atoms with E-state index in [1.165, 1.54) is 9.80 Å². The molecule has 0 bridgehead atoms. The molecule has 1 N–H and O–H groups in total. The maximum absolute atomic E-state index is 12.3. The molecular formula is C14H15N3O3. The number of carboxylic acids is 1. The van der Waals surface area contributed by atoms with Crippen molar-refractivity contribution in [1.82, 2.24) is 4.90 Å². The number of anilines is 1. The van der Waals surface area contributed by atoms with E-state index in [4.69, 9.17) is 10.4 Å². The van der Waals surface area contributed by atoms with Crippen molar-refractivity contribution in [2.45, 2.75) is 18.9 Å². The Balaban J connectivity index is 2.15.